The third kappa shape index (κ3) is 6.33. The molecule has 0 bridgehead atoms. The van der Waals surface area contributed by atoms with E-state index in [2.05, 4.69) is 10.3 Å². The van der Waals surface area contributed by atoms with Crippen molar-refractivity contribution in [3.05, 3.63) is 59.9 Å². The number of ether oxygens (including phenoxy) is 1. The summed E-state index contributed by atoms with van der Waals surface area (Å²) in [5, 5.41) is 12.7. The van der Waals surface area contributed by atoms with Crippen LogP contribution in [0.5, 0.6) is 11.5 Å². The molecular formula is C19H24FN3O2. The van der Waals surface area contributed by atoms with Crippen LogP contribution in [0.4, 0.5) is 4.39 Å². The van der Waals surface area contributed by atoms with Gasteiger partial charge < -0.3 is 20.1 Å². The number of aromatic hydroxyl groups is 1. The smallest absolute Gasteiger partial charge is 0.194 e. The average Bonchev–Trinajstić information content (AvgIpc) is 2.60. The van der Waals surface area contributed by atoms with Crippen LogP contribution in [0.2, 0.25) is 0 Å². The molecule has 0 spiro atoms. The Bertz CT molecular complexity index is 689. The van der Waals surface area contributed by atoms with E-state index >= 15 is 0 Å². The monoisotopic (exact) mass is 345 g/mol. The van der Waals surface area contributed by atoms with E-state index in [1.54, 1.807) is 30.3 Å². The van der Waals surface area contributed by atoms with Crippen molar-refractivity contribution in [1.82, 2.24) is 10.2 Å². The lowest BCUT2D eigenvalue weighted by Gasteiger charge is -2.22. The van der Waals surface area contributed by atoms with Crippen molar-refractivity contribution in [2.24, 2.45) is 4.99 Å². The lowest BCUT2D eigenvalue weighted by Crippen LogP contribution is -2.40. The summed E-state index contributed by atoms with van der Waals surface area (Å²) in [5.74, 6) is 1.35. The number of benzene rings is 2. The summed E-state index contributed by atoms with van der Waals surface area (Å²) in [6, 6.07) is 13.0. The van der Waals surface area contributed by atoms with Gasteiger partial charge in [0.05, 0.1) is 13.1 Å². The van der Waals surface area contributed by atoms with Crippen molar-refractivity contribution in [3.8, 4) is 11.5 Å². The van der Waals surface area contributed by atoms with Gasteiger partial charge in [-0.05, 0) is 48.9 Å². The molecule has 2 aromatic rings. The van der Waals surface area contributed by atoms with Gasteiger partial charge in [-0.3, -0.25) is 0 Å². The fourth-order valence-corrected chi connectivity index (χ4v) is 2.23. The summed E-state index contributed by atoms with van der Waals surface area (Å²) in [6.07, 6.45) is 0. The van der Waals surface area contributed by atoms with E-state index in [0.717, 1.165) is 18.1 Å². The first kappa shape index (κ1) is 18.6. The second-order valence-corrected chi connectivity index (χ2v) is 5.56. The van der Waals surface area contributed by atoms with Crippen molar-refractivity contribution in [2.75, 3.05) is 26.7 Å². The number of nitrogens with one attached hydrogen (secondary N) is 1. The number of phenols is 1. The van der Waals surface area contributed by atoms with Gasteiger partial charge in [-0.1, -0.05) is 12.1 Å². The zero-order valence-electron chi connectivity index (χ0n) is 14.6. The molecule has 0 amide bonds. The molecule has 0 fully saturated rings. The lowest BCUT2D eigenvalue weighted by atomic mass is 10.2. The van der Waals surface area contributed by atoms with E-state index in [4.69, 9.17) is 4.74 Å². The van der Waals surface area contributed by atoms with Gasteiger partial charge in [0.25, 0.3) is 0 Å². The fraction of sp³-hybridized carbons (Fsp3) is 0.316. The minimum absolute atomic E-state index is 0.235. The molecule has 5 nitrogen and oxygen atoms in total. The fourth-order valence-electron chi connectivity index (χ4n) is 2.23. The maximum atomic E-state index is 12.9. The number of nitrogens with zero attached hydrogens (tertiary/aromatic N) is 2. The van der Waals surface area contributed by atoms with Crippen molar-refractivity contribution in [2.45, 2.75) is 13.5 Å². The third-order valence-electron chi connectivity index (χ3n) is 3.53. The van der Waals surface area contributed by atoms with Gasteiger partial charge in [-0.15, -0.1) is 0 Å². The molecule has 25 heavy (non-hydrogen) atoms. The van der Waals surface area contributed by atoms with Crippen LogP contribution in [0.1, 0.15) is 12.5 Å². The Hall–Kier alpha value is -2.76. The van der Waals surface area contributed by atoms with E-state index in [-0.39, 0.29) is 11.6 Å². The number of guanidine groups is 1. The van der Waals surface area contributed by atoms with Gasteiger partial charge in [-0.25, -0.2) is 9.38 Å². The molecule has 0 saturated heterocycles. The summed E-state index contributed by atoms with van der Waals surface area (Å²) < 4.78 is 18.5. The van der Waals surface area contributed by atoms with E-state index in [9.17, 15) is 9.50 Å². The van der Waals surface area contributed by atoms with Gasteiger partial charge >= 0.3 is 0 Å². The number of aliphatic imine (C=N–C) groups is 1. The average molecular weight is 345 g/mol. The van der Waals surface area contributed by atoms with Crippen LogP contribution < -0.4 is 10.1 Å². The van der Waals surface area contributed by atoms with Crippen LogP contribution in [0, 0.1) is 5.82 Å². The number of phenolic OH excluding ortho intramolecular Hbond substituents is 1. The molecule has 0 aliphatic carbocycles. The molecule has 0 radical (unpaired) electrons. The molecule has 2 N–H and O–H groups in total. The quantitative estimate of drug-likeness (QED) is 0.598. The Morgan fingerprint density at radius 3 is 2.68 bits per heavy atom. The molecule has 6 heteroatoms. The highest BCUT2D eigenvalue weighted by Gasteiger charge is 2.06. The van der Waals surface area contributed by atoms with Gasteiger partial charge in [0.1, 0.15) is 23.9 Å². The van der Waals surface area contributed by atoms with Crippen LogP contribution in [0.15, 0.2) is 53.5 Å². The first-order valence-electron chi connectivity index (χ1n) is 8.24. The molecule has 0 atom stereocenters. The summed E-state index contributed by atoms with van der Waals surface area (Å²) in [7, 11) is 1.93. The van der Waals surface area contributed by atoms with E-state index in [0.29, 0.717) is 25.4 Å². The number of rotatable bonds is 7. The van der Waals surface area contributed by atoms with E-state index < -0.39 is 0 Å². The highest BCUT2D eigenvalue weighted by molar-refractivity contribution is 5.79. The molecule has 0 aromatic heterocycles. The molecular weight excluding hydrogens is 321 g/mol. The molecule has 2 rings (SSSR count). The topological polar surface area (TPSA) is 57.1 Å². The van der Waals surface area contributed by atoms with Crippen molar-refractivity contribution in [1.29, 1.82) is 0 Å². The van der Waals surface area contributed by atoms with E-state index in [1.165, 1.54) is 12.1 Å². The normalized spacial score (nSPS) is 11.2. The Morgan fingerprint density at radius 1 is 1.24 bits per heavy atom. The predicted octanol–water partition coefficient (Wildman–Crippen LogP) is 3.01. The van der Waals surface area contributed by atoms with Crippen molar-refractivity contribution in [3.63, 3.8) is 0 Å². The maximum absolute atomic E-state index is 12.9. The largest absolute Gasteiger partial charge is 0.508 e. The molecule has 0 aliphatic rings. The summed E-state index contributed by atoms with van der Waals surface area (Å²) in [5.41, 5.74) is 0.936. The van der Waals surface area contributed by atoms with Gasteiger partial charge in [-0.2, -0.15) is 0 Å². The highest BCUT2D eigenvalue weighted by atomic mass is 19.1. The molecule has 0 aliphatic heterocycles. The minimum Gasteiger partial charge on any atom is -0.508 e. The first-order chi connectivity index (χ1) is 12.1. The van der Waals surface area contributed by atoms with Crippen LogP contribution in [0.3, 0.4) is 0 Å². The molecule has 2 aromatic carbocycles. The molecule has 0 saturated carbocycles. The first-order valence-corrected chi connectivity index (χ1v) is 8.24. The Labute approximate surface area is 147 Å². The predicted molar refractivity (Wildman–Crippen MR) is 97.4 cm³/mol. The minimum atomic E-state index is -0.280. The second kappa shape index (κ2) is 9.52. The molecule has 0 heterocycles. The van der Waals surface area contributed by atoms with Gasteiger partial charge in [0, 0.05) is 13.6 Å². The zero-order chi connectivity index (χ0) is 18.1. The van der Waals surface area contributed by atoms with Gasteiger partial charge in [0.15, 0.2) is 5.96 Å². The van der Waals surface area contributed by atoms with Crippen molar-refractivity contribution >= 4 is 5.96 Å². The van der Waals surface area contributed by atoms with Crippen LogP contribution in [-0.2, 0) is 6.54 Å². The van der Waals surface area contributed by atoms with Crippen molar-refractivity contribution < 1.29 is 14.2 Å². The van der Waals surface area contributed by atoms with Gasteiger partial charge in [0.2, 0.25) is 0 Å². The molecule has 134 valence electrons. The summed E-state index contributed by atoms with van der Waals surface area (Å²) in [4.78, 5) is 6.55. The standard InChI is InChI=1S/C19H24FN3O2/c1-3-21-19(22-14-15-5-4-6-17(24)13-15)23(2)11-12-25-18-9-7-16(20)8-10-18/h4-10,13,24H,3,11-12,14H2,1-2H3,(H,21,22). The number of hydrogen-bond donors (Lipinski definition) is 2. The second-order valence-electron chi connectivity index (χ2n) is 5.56. The SMILES string of the molecule is CCNC(=NCc1cccc(O)c1)N(C)CCOc1ccc(F)cc1. The number of halogens is 1. The molecule has 0 unspecified atom stereocenters. The number of hydrogen-bond acceptors (Lipinski definition) is 3. The maximum Gasteiger partial charge on any atom is 0.194 e. The van der Waals surface area contributed by atoms with Crippen LogP contribution >= 0.6 is 0 Å². The Morgan fingerprint density at radius 2 is 2.00 bits per heavy atom. The zero-order valence-corrected chi connectivity index (χ0v) is 14.6. The van der Waals surface area contributed by atoms with Crippen LogP contribution in [0.25, 0.3) is 0 Å². The van der Waals surface area contributed by atoms with Crippen LogP contribution in [-0.4, -0.2) is 42.7 Å². The third-order valence-corrected chi connectivity index (χ3v) is 3.53. The Kier molecular flexibility index (Phi) is 7.07. The number of likely N-dealkylation sites (N-methyl/N-ethyl adjacent to an activating group) is 1. The summed E-state index contributed by atoms with van der Waals surface area (Å²) >= 11 is 0. The highest BCUT2D eigenvalue weighted by Crippen LogP contribution is 2.12. The lowest BCUT2D eigenvalue weighted by molar-refractivity contribution is 0.281. The summed E-state index contributed by atoms with van der Waals surface area (Å²) in [6.45, 7) is 4.32. The Balaban J connectivity index is 1.89. The van der Waals surface area contributed by atoms with E-state index in [1.807, 2.05) is 24.9 Å².